The third kappa shape index (κ3) is 1.11. The molecule has 0 aliphatic heterocycles. The Kier molecular flexibility index (Phi) is 1.54. The van der Waals surface area contributed by atoms with Crippen molar-refractivity contribution < 1.29 is 5.11 Å². The summed E-state index contributed by atoms with van der Waals surface area (Å²) in [6.45, 7) is 3.53. The lowest BCUT2D eigenvalue weighted by molar-refractivity contribution is 0.474. The molecular formula is C8H8O. The molecule has 0 unspecified atom stereocenters. The van der Waals surface area contributed by atoms with Crippen LogP contribution < -0.4 is 0 Å². The van der Waals surface area contributed by atoms with Gasteiger partial charge in [0.15, 0.2) is 0 Å². The van der Waals surface area contributed by atoms with Gasteiger partial charge in [0.25, 0.3) is 0 Å². The fourth-order valence-corrected chi connectivity index (χ4v) is 0.660. The normalized spacial score (nSPS) is 8.89. The first-order valence-corrected chi connectivity index (χ1v) is 2.75. The standard InChI is InChI=1S/C8H8O/c1-2-7-5-3-4-6-8(7)9/h2-6,9H,1H2. The molecule has 9 heavy (non-hydrogen) atoms. The second-order valence-electron chi connectivity index (χ2n) is 1.76. The predicted molar refractivity (Wildman–Crippen MR) is 38.2 cm³/mol. The Bertz CT molecular complexity index is 216. The maximum atomic E-state index is 9.04. The Morgan fingerprint density at radius 1 is 1.33 bits per heavy atom. The first-order valence-electron chi connectivity index (χ1n) is 2.75. The number of para-hydroxylation sites is 1. The molecule has 0 fully saturated rings. The first-order chi connectivity index (χ1) is 4.34. The van der Waals surface area contributed by atoms with E-state index in [1.165, 1.54) is 0 Å². The maximum Gasteiger partial charge on any atom is 0.122 e. The maximum absolute atomic E-state index is 9.04. The average Bonchev–Trinajstić information content (AvgIpc) is 1.89. The van der Waals surface area contributed by atoms with Crippen LogP contribution in [0.5, 0.6) is 5.75 Å². The largest absolute Gasteiger partial charge is 0.507 e. The lowest BCUT2D eigenvalue weighted by atomic mass is 10.2. The van der Waals surface area contributed by atoms with E-state index in [-0.39, 0.29) is 5.75 Å². The number of phenolic OH excluding ortho intramolecular Hbond substituents is 1. The van der Waals surface area contributed by atoms with Crippen molar-refractivity contribution in [1.29, 1.82) is 0 Å². The van der Waals surface area contributed by atoms with Gasteiger partial charge in [0.05, 0.1) is 0 Å². The summed E-state index contributed by atoms with van der Waals surface area (Å²) in [7, 11) is 0. The van der Waals surface area contributed by atoms with Gasteiger partial charge in [-0.3, -0.25) is 0 Å². The van der Waals surface area contributed by atoms with Crippen molar-refractivity contribution >= 4 is 6.08 Å². The zero-order valence-corrected chi connectivity index (χ0v) is 5.04. The Hall–Kier alpha value is -1.24. The first kappa shape index (κ1) is 5.89. The van der Waals surface area contributed by atoms with Gasteiger partial charge in [-0.15, -0.1) is 0 Å². The fourth-order valence-electron chi connectivity index (χ4n) is 0.660. The van der Waals surface area contributed by atoms with Crippen molar-refractivity contribution in [2.24, 2.45) is 0 Å². The van der Waals surface area contributed by atoms with Gasteiger partial charge in [0.1, 0.15) is 5.75 Å². The smallest absolute Gasteiger partial charge is 0.122 e. The molecule has 1 N–H and O–H groups in total. The SMILES string of the molecule is C=Cc1ccccc1O. The van der Waals surface area contributed by atoms with E-state index in [2.05, 4.69) is 6.58 Å². The highest BCUT2D eigenvalue weighted by atomic mass is 16.3. The lowest BCUT2D eigenvalue weighted by Crippen LogP contribution is -1.69. The van der Waals surface area contributed by atoms with Crippen LogP contribution in [0.4, 0.5) is 0 Å². The van der Waals surface area contributed by atoms with Gasteiger partial charge in [-0.1, -0.05) is 30.9 Å². The second-order valence-corrected chi connectivity index (χ2v) is 1.76. The molecule has 0 atom stereocenters. The van der Waals surface area contributed by atoms with Crippen LogP contribution in [0.25, 0.3) is 6.08 Å². The molecule has 0 saturated carbocycles. The second kappa shape index (κ2) is 2.35. The summed E-state index contributed by atoms with van der Waals surface area (Å²) < 4.78 is 0. The predicted octanol–water partition coefficient (Wildman–Crippen LogP) is 2.04. The minimum atomic E-state index is 0.285. The molecule has 0 amide bonds. The third-order valence-electron chi connectivity index (χ3n) is 1.16. The van der Waals surface area contributed by atoms with Crippen LogP contribution in [0, 0.1) is 0 Å². The molecule has 46 valence electrons. The zero-order chi connectivity index (χ0) is 6.69. The van der Waals surface area contributed by atoms with E-state index in [9.17, 15) is 0 Å². The summed E-state index contributed by atoms with van der Waals surface area (Å²) in [6, 6.07) is 7.08. The molecule has 1 nitrogen and oxygen atoms in total. The van der Waals surface area contributed by atoms with Crippen molar-refractivity contribution in [3.8, 4) is 5.75 Å². The summed E-state index contributed by atoms with van der Waals surface area (Å²) in [4.78, 5) is 0. The number of phenols is 1. The van der Waals surface area contributed by atoms with Crippen LogP contribution in [-0.2, 0) is 0 Å². The Morgan fingerprint density at radius 2 is 2.00 bits per heavy atom. The summed E-state index contributed by atoms with van der Waals surface area (Å²) in [5.41, 5.74) is 0.775. The molecule has 1 aromatic rings. The third-order valence-corrected chi connectivity index (χ3v) is 1.16. The minimum Gasteiger partial charge on any atom is -0.507 e. The topological polar surface area (TPSA) is 20.2 Å². The highest BCUT2D eigenvalue weighted by Gasteiger charge is 1.89. The molecule has 1 rings (SSSR count). The number of hydrogen-bond acceptors (Lipinski definition) is 1. The average molecular weight is 120 g/mol. The number of aromatic hydroxyl groups is 1. The molecule has 0 radical (unpaired) electrons. The number of rotatable bonds is 1. The van der Waals surface area contributed by atoms with E-state index in [1.807, 2.05) is 12.1 Å². The van der Waals surface area contributed by atoms with Crippen molar-refractivity contribution in [2.75, 3.05) is 0 Å². The lowest BCUT2D eigenvalue weighted by Gasteiger charge is -1.93. The monoisotopic (exact) mass is 120 g/mol. The number of benzene rings is 1. The molecule has 0 aliphatic rings. The molecule has 0 aromatic heterocycles. The van der Waals surface area contributed by atoms with Crippen LogP contribution in [0.2, 0.25) is 0 Å². The van der Waals surface area contributed by atoms with Gasteiger partial charge in [-0.2, -0.15) is 0 Å². The molecule has 0 saturated heterocycles. The molecular weight excluding hydrogens is 112 g/mol. The van der Waals surface area contributed by atoms with Crippen LogP contribution in [0.3, 0.4) is 0 Å². The molecule has 0 heterocycles. The fraction of sp³-hybridized carbons (Fsp3) is 0. The summed E-state index contributed by atoms with van der Waals surface area (Å²) in [6.07, 6.45) is 1.62. The molecule has 1 aromatic carbocycles. The molecule has 1 heteroatoms. The Balaban J connectivity index is 3.15. The van der Waals surface area contributed by atoms with Crippen LogP contribution in [0.15, 0.2) is 30.8 Å². The zero-order valence-electron chi connectivity index (χ0n) is 5.04. The Labute approximate surface area is 54.3 Å². The van der Waals surface area contributed by atoms with Gasteiger partial charge >= 0.3 is 0 Å². The molecule has 0 spiro atoms. The van der Waals surface area contributed by atoms with Gasteiger partial charge in [0.2, 0.25) is 0 Å². The molecule has 0 aliphatic carbocycles. The highest BCUT2D eigenvalue weighted by molar-refractivity contribution is 5.54. The van der Waals surface area contributed by atoms with Crippen molar-refractivity contribution in [3.63, 3.8) is 0 Å². The highest BCUT2D eigenvalue weighted by Crippen LogP contribution is 2.15. The van der Waals surface area contributed by atoms with Crippen molar-refractivity contribution in [1.82, 2.24) is 0 Å². The Morgan fingerprint density at radius 3 is 2.44 bits per heavy atom. The molecule has 0 bridgehead atoms. The number of hydrogen-bond donors (Lipinski definition) is 1. The van der Waals surface area contributed by atoms with Crippen molar-refractivity contribution in [2.45, 2.75) is 0 Å². The summed E-state index contributed by atoms with van der Waals surface area (Å²) in [5.74, 6) is 0.285. The van der Waals surface area contributed by atoms with Gasteiger partial charge in [-0.05, 0) is 6.07 Å². The van der Waals surface area contributed by atoms with E-state index in [1.54, 1.807) is 18.2 Å². The van der Waals surface area contributed by atoms with Gasteiger partial charge < -0.3 is 5.11 Å². The van der Waals surface area contributed by atoms with E-state index in [0.717, 1.165) is 5.56 Å². The van der Waals surface area contributed by atoms with E-state index in [4.69, 9.17) is 5.11 Å². The van der Waals surface area contributed by atoms with Crippen LogP contribution in [0.1, 0.15) is 5.56 Å². The van der Waals surface area contributed by atoms with Crippen LogP contribution >= 0.6 is 0 Å². The van der Waals surface area contributed by atoms with E-state index < -0.39 is 0 Å². The van der Waals surface area contributed by atoms with E-state index >= 15 is 0 Å². The minimum absolute atomic E-state index is 0.285. The quantitative estimate of drug-likeness (QED) is 0.601. The summed E-state index contributed by atoms with van der Waals surface area (Å²) >= 11 is 0. The van der Waals surface area contributed by atoms with Gasteiger partial charge in [-0.25, -0.2) is 0 Å². The summed E-state index contributed by atoms with van der Waals surface area (Å²) in [5, 5.41) is 9.04. The van der Waals surface area contributed by atoms with Gasteiger partial charge in [0, 0.05) is 5.56 Å². The van der Waals surface area contributed by atoms with Crippen molar-refractivity contribution in [3.05, 3.63) is 36.4 Å². The van der Waals surface area contributed by atoms with E-state index in [0.29, 0.717) is 0 Å². The van der Waals surface area contributed by atoms with Crippen LogP contribution in [-0.4, -0.2) is 5.11 Å².